The molecule has 0 amide bonds. The SMILES string of the molecule is CCc1cc(OCc2ccccc2)cc([N+](=O)[O-])c1C(C)=O. The van der Waals surface area contributed by atoms with Crippen molar-refractivity contribution in [1.82, 2.24) is 0 Å². The topological polar surface area (TPSA) is 69.4 Å². The second-order valence-electron chi connectivity index (χ2n) is 4.92. The molecule has 0 unspecified atom stereocenters. The predicted molar refractivity (Wildman–Crippen MR) is 83.3 cm³/mol. The van der Waals surface area contributed by atoms with Gasteiger partial charge in [-0.2, -0.15) is 0 Å². The number of benzene rings is 2. The predicted octanol–water partition coefficient (Wildman–Crippen LogP) is 3.94. The number of carbonyl (C=O) groups excluding carboxylic acids is 1. The van der Waals surface area contributed by atoms with Crippen molar-refractivity contribution < 1.29 is 14.5 Å². The van der Waals surface area contributed by atoms with Crippen LogP contribution in [0.1, 0.15) is 35.3 Å². The maximum atomic E-state index is 11.7. The first-order valence-electron chi connectivity index (χ1n) is 7.02. The first-order chi connectivity index (χ1) is 10.5. The zero-order valence-electron chi connectivity index (χ0n) is 12.5. The summed E-state index contributed by atoms with van der Waals surface area (Å²) in [4.78, 5) is 22.4. The molecule has 0 saturated heterocycles. The molecule has 0 N–H and O–H groups in total. The van der Waals surface area contributed by atoms with Gasteiger partial charge in [-0.25, -0.2) is 0 Å². The van der Waals surface area contributed by atoms with E-state index in [9.17, 15) is 14.9 Å². The Bertz CT molecular complexity index is 695. The van der Waals surface area contributed by atoms with Crippen molar-refractivity contribution in [3.05, 3.63) is 69.3 Å². The number of ketones is 1. The number of rotatable bonds is 6. The van der Waals surface area contributed by atoms with Crippen LogP contribution in [-0.4, -0.2) is 10.7 Å². The zero-order valence-corrected chi connectivity index (χ0v) is 12.5. The van der Waals surface area contributed by atoms with Crippen LogP contribution in [0.5, 0.6) is 5.75 Å². The molecule has 0 aliphatic carbocycles. The maximum Gasteiger partial charge on any atom is 0.284 e. The van der Waals surface area contributed by atoms with Gasteiger partial charge in [0.05, 0.1) is 16.6 Å². The minimum absolute atomic E-state index is 0.166. The van der Waals surface area contributed by atoms with Crippen LogP contribution in [0.4, 0.5) is 5.69 Å². The molecule has 0 bridgehead atoms. The van der Waals surface area contributed by atoms with Gasteiger partial charge in [0.2, 0.25) is 0 Å². The van der Waals surface area contributed by atoms with Crippen LogP contribution in [0.3, 0.4) is 0 Å². The molecule has 5 heteroatoms. The number of hydrogen-bond donors (Lipinski definition) is 0. The normalized spacial score (nSPS) is 10.3. The van der Waals surface area contributed by atoms with Gasteiger partial charge in [-0.1, -0.05) is 37.3 Å². The highest BCUT2D eigenvalue weighted by Crippen LogP contribution is 2.30. The van der Waals surface area contributed by atoms with Gasteiger partial charge in [0.25, 0.3) is 5.69 Å². The number of nitrogens with zero attached hydrogens (tertiary/aromatic N) is 1. The molecule has 0 fully saturated rings. The highest BCUT2D eigenvalue weighted by atomic mass is 16.6. The van der Waals surface area contributed by atoms with Crippen molar-refractivity contribution in [3.63, 3.8) is 0 Å². The average molecular weight is 299 g/mol. The van der Waals surface area contributed by atoms with Crippen LogP contribution < -0.4 is 4.74 Å². The number of hydrogen-bond acceptors (Lipinski definition) is 4. The van der Waals surface area contributed by atoms with E-state index in [2.05, 4.69) is 0 Å². The summed E-state index contributed by atoms with van der Waals surface area (Å²) in [5.41, 5.74) is 1.57. The quantitative estimate of drug-likeness (QED) is 0.460. The largest absolute Gasteiger partial charge is 0.489 e. The van der Waals surface area contributed by atoms with Crippen molar-refractivity contribution in [2.75, 3.05) is 0 Å². The Hall–Kier alpha value is -2.69. The van der Waals surface area contributed by atoms with Crippen LogP contribution in [0, 0.1) is 10.1 Å². The summed E-state index contributed by atoms with van der Waals surface area (Å²) in [7, 11) is 0. The minimum Gasteiger partial charge on any atom is -0.489 e. The molecule has 22 heavy (non-hydrogen) atoms. The Morgan fingerprint density at radius 2 is 1.91 bits per heavy atom. The van der Waals surface area contributed by atoms with Crippen LogP contribution in [-0.2, 0) is 13.0 Å². The fraction of sp³-hybridized carbons (Fsp3) is 0.235. The molecular weight excluding hydrogens is 282 g/mol. The van der Waals surface area contributed by atoms with Crippen LogP contribution in [0.25, 0.3) is 0 Å². The molecule has 0 radical (unpaired) electrons. The third kappa shape index (κ3) is 3.49. The molecule has 0 aromatic heterocycles. The lowest BCUT2D eigenvalue weighted by Crippen LogP contribution is -2.06. The first kappa shape index (κ1) is 15.7. The lowest BCUT2D eigenvalue weighted by molar-refractivity contribution is -0.385. The standard InChI is InChI=1S/C17H17NO4/c1-3-14-9-15(22-11-13-7-5-4-6-8-13)10-16(18(20)21)17(14)12(2)19/h4-10H,3,11H2,1-2H3. The van der Waals surface area contributed by atoms with Crippen LogP contribution in [0.2, 0.25) is 0 Å². The summed E-state index contributed by atoms with van der Waals surface area (Å²) >= 11 is 0. The molecule has 0 heterocycles. The molecule has 2 aromatic carbocycles. The fourth-order valence-corrected chi connectivity index (χ4v) is 2.31. The third-order valence-corrected chi connectivity index (χ3v) is 3.35. The Labute approximate surface area is 128 Å². The Morgan fingerprint density at radius 1 is 1.23 bits per heavy atom. The fourth-order valence-electron chi connectivity index (χ4n) is 2.31. The first-order valence-corrected chi connectivity index (χ1v) is 7.02. The summed E-state index contributed by atoms with van der Waals surface area (Å²) in [6.07, 6.45) is 0.526. The van der Waals surface area contributed by atoms with E-state index < -0.39 is 4.92 Å². The van der Waals surface area contributed by atoms with E-state index in [0.717, 1.165) is 5.56 Å². The van der Waals surface area contributed by atoms with Gasteiger partial charge >= 0.3 is 0 Å². The average Bonchev–Trinajstić information content (AvgIpc) is 2.52. The molecule has 0 aliphatic heterocycles. The van der Waals surface area contributed by atoms with E-state index in [1.165, 1.54) is 13.0 Å². The Balaban J connectivity index is 2.34. The molecule has 0 atom stereocenters. The van der Waals surface area contributed by atoms with Crippen molar-refractivity contribution in [2.45, 2.75) is 26.9 Å². The van der Waals surface area contributed by atoms with Gasteiger partial charge in [0.15, 0.2) is 5.78 Å². The summed E-state index contributed by atoms with van der Waals surface area (Å²) < 4.78 is 5.64. The monoisotopic (exact) mass is 299 g/mol. The summed E-state index contributed by atoms with van der Waals surface area (Å²) in [5.74, 6) is 0.0931. The summed E-state index contributed by atoms with van der Waals surface area (Å²) in [5, 5.41) is 11.2. The maximum absolute atomic E-state index is 11.7. The van der Waals surface area contributed by atoms with Crippen molar-refractivity contribution >= 4 is 11.5 Å². The van der Waals surface area contributed by atoms with E-state index in [1.807, 2.05) is 37.3 Å². The second-order valence-corrected chi connectivity index (χ2v) is 4.92. The van der Waals surface area contributed by atoms with E-state index in [-0.39, 0.29) is 17.0 Å². The number of Topliss-reactive ketones (excluding diaryl/α,β-unsaturated/α-hetero) is 1. The number of nitro benzene ring substituents is 1. The minimum atomic E-state index is -0.536. The third-order valence-electron chi connectivity index (χ3n) is 3.35. The molecule has 114 valence electrons. The number of nitro groups is 1. The highest BCUT2D eigenvalue weighted by molar-refractivity contribution is 5.99. The number of carbonyl (C=O) groups is 1. The smallest absolute Gasteiger partial charge is 0.284 e. The van der Waals surface area contributed by atoms with Gasteiger partial charge in [0, 0.05) is 0 Å². The van der Waals surface area contributed by atoms with Gasteiger partial charge in [-0.15, -0.1) is 0 Å². The van der Waals surface area contributed by atoms with E-state index in [0.29, 0.717) is 24.3 Å². The number of aryl methyl sites for hydroxylation is 1. The van der Waals surface area contributed by atoms with Crippen LogP contribution in [0.15, 0.2) is 42.5 Å². The van der Waals surface area contributed by atoms with Gasteiger partial charge in [0.1, 0.15) is 12.4 Å². The molecule has 0 spiro atoms. The van der Waals surface area contributed by atoms with Crippen molar-refractivity contribution in [2.24, 2.45) is 0 Å². The highest BCUT2D eigenvalue weighted by Gasteiger charge is 2.22. The van der Waals surface area contributed by atoms with Crippen molar-refractivity contribution in [3.8, 4) is 5.75 Å². The van der Waals surface area contributed by atoms with Gasteiger partial charge in [-0.05, 0) is 30.5 Å². The van der Waals surface area contributed by atoms with E-state index in [4.69, 9.17) is 4.74 Å². The molecule has 2 aromatic rings. The zero-order chi connectivity index (χ0) is 16.1. The molecule has 5 nitrogen and oxygen atoms in total. The second kappa shape index (κ2) is 6.85. The lowest BCUT2D eigenvalue weighted by atomic mass is 9.99. The number of ether oxygens (including phenoxy) is 1. The lowest BCUT2D eigenvalue weighted by Gasteiger charge is -2.11. The molecular formula is C17H17NO4. The Morgan fingerprint density at radius 3 is 2.45 bits per heavy atom. The summed E-state index contributed by atoms with van der Waals surface area (Å²) in [6, 6.07) is 12.6. The van der Waals surface area contributed by atoms with Crippen molar-refractivity contribution in [1.29, 1.82) is 0 Å². The Kier molecular flexibility index (Phi) is 4.88. The van der Waals surface area contributed by atoms with Gasteiger partial charge < -0.3 is 4.74 Å². The molecule has 0 saturated carbocycles. The van der Waals surface area contributed by atoms with E-state index in [1.54, 1.807) is 6.07 Å². The molecule has 0 aliphatic rings. The van der Waals surface area contributed by atoms with E-state index >= 15 is 0 Å². The summed E-state index contributed by atoms with van der Waals surface area (Å²) in [6.45, 7) is 3.51. The molecule has 2 rings (SSSR count). The van der Waals surface area contributed by atoms with Gasteiger partial charge in [-0.3, -0.25) is 14.9 Å². The van der Waals surface area contributed by atoms with Crippen LogP contribution >= 0.6 is 0 Å².